The van der Waals surface area contributed by atoms with Crippen LogP contribution in [0.15, 0.2) is 0 Å². The third kappa shape index (κ3) is 3.23. The van der Waals surface area contributed by atoms with E-state index < -0.39 is 0 Å². The topological polar surface area (TPSA) is 41.6 Å². The molecule has 2 fully saturated rings. The fraction of sp³-hybridized carbons (Fsp3) is 0.929. The summed E-state index contributed by atoms with van der Waals surface area (Å²) < 4.78 is 5.52. The molecule has 4 nitrogen and oxygen atoms in total. The van der Waals surface area contributed by atoms with Gasteiger partial charge in [0.1, 0.15) is 0 Å². The van der Waals surface area contributed by atoms with Gasteiger partial charge in [-0.05, 0) is 51.1 Å². The van der Waals surface area contributed by atoms with Crippen LogP contribution in [-0.2, 0) is 9.53 Å². The fourth-order valence-corrected chi connectivity index (χ4v) is 3.00. The first-order valence-corrected chi connectivity index (χ1v) is 7.15. The summed E-state index contributed by atoms with van der Waals surface area (Å²) in [5.74, 6) is 0.856. The second-order valence-corrected chi connectivity index (χ2v) is 5.90. The number of nitrogens with zero attached hydrogens (tertiary/aromatic N) is 1. The molecule has 1 aliphatic heterocycles. The number of piperidine rings is 1. The standard InChI is InChI=1S/C14H26N2O2/c1-16(11-12-5-3-8-15-10-12)13(17)9-14(18-2)6-4-7-14/h12,15H,3-11H2,1-2H3. The van der Waals surface area contributed by atoms with Crippen molar-refractivity contribution in [1.82, 2.24) is 10.2 Å². The average molecular weight is 254 g/mol. The Balaban J connectivity index is 1.77. The zero-order chi connectivity index (χ0) is 13.0. The van der Waals surface area contributed by atoms with E-state index in [0.717, 1.165) is 32.5 Å². The van der Waals surface area contributed by atoms with Gasteiger partial charge < -0.3 is 15.0 Å². The predicted molar refractivity (Wildman–Crippen MR) is 71.4 cm³/mol. The molecule has 0 aromatic rings. The Morgan fingerprint density at radius 1 is 1.44 bits per heavy atom. The van der Waals surface area contributed by atoms with Crippen LogP contribution in [0.5, 0.6) is 0 Å². The number of carbonyl (C=O) groups excluding carboxylic acids is 1. The van der Waals surface area contributed by atoms with E-state index >= 15 is 0 Å². The summed E-state index contributed by atoms with van der Waals surface area (Å²) in [4.78, 5) is 14.1. The molecule has 1 N–H and O–H groups in total. The van der Waals surface area contributed by atoms with Crippen molar-refractivity contribution in [3.05, 3.63) is 0 Å². The van der Waals surface area contributed by atoms with Crippen molar-refractivity contribution >= 4 is 5.91 Å². The average Bonchev–Trinajstić information content (AvgIpc) is 2.34. The number of ether oxygens (including phenoxy) is 1. The molecule has 1 amide bonds. The van der Waals surface area contributed by atoms with Crippen LogP contribution < -0.4 is 5.32 Å². The molecule has 1 unspecified atom stereocenters. The highest BCUT2D eigenvalue weighted by Crippen LogP contribution is 2.38. The molecule has 0 bridgehead atoms. The Labute approximate surface area is 110 Å². The summed E-state index contributed by atoms with van der Waals surface area (Å²) >= 11 is 0. The van der Waals surface area contributed by atoms with Crippen molar-refractivity contribution in [3.63, 3.8) is 0 Å². The normalized spacial score (nSPS) is 26.4. The van der Waals surface area contributed by atoms with E-state index in [1.165, 1.54) is 19.3 Å². The largest absolute Gasteiger partial charge is 0.378 e. The maximum atomic E-state index is 12.2. The first-order valence-electron chi connectivity index (χ1n) is 7.15. The van der Waals surface area contributed by atoms with Crippen molar-refractivity contribution < 1.29 is 9.53 Å². The zero-order valence-electron chi connectivity index (χ0n) is 11.7. The third-order valence-electron chi connectivity index (χ3n) is 4.53. The summed E-state index contributed by atoms with van der Waals surface area (Å²) in [6.07, 6.45) is 6.29. The van der Waals surface area contributed by atoms with Crippen molar-refractivity contribution in [2.75, 3.05) is 33.8 Å². The minimum atomic E-state index is -0.143. The number of hydrogen-bond acceptors (Lipinski definition) is 3. The fourth-order valence-electron chi connectivity index (χ4n) is 3.00. The maximum Gasteiger partial charge on any atom is 0.225 e. The van der Waals surface area contributed by atoms with Gasteiger partial charge >= 0.3 is 0 Å². The van der Waals surface area contributed by atoms with Gasteiger partial charge in [0.15, 0.2) is 0 Å². The molecule has 0 radical (unpaired) electrons. The lowest BCUT2D eigenvalue weighted by Crippen LogP contribution is -2.46. The number of carbonyl (C=O) groups is 1. The third-order valence-corrected chi connectivity index (χ3v) is 4.53. The second-order valence-electron chi connectivity index (χ2n) is 5.90. The summed E-state index contributed by atoms with van der Waals surface area (Å²) in [5.41, 5.74) is -0.143. The Hall–Kier alpha value is -0.610. The molecule has 1 atom stereocenters. The molecule has 1 saturated carbocycles. The van der Waals surface area contributed by atoms with Gasteiger partial charge in [-0.15, -0.1) is 0 Å². The van der Waals surface area contributed by atoms with E-state index in [2.05, 4.69) is 5.32 Å². The summed E-state index contributed by atoms with van der Waals surface area (Å²) in [7, 11) is 3.66. The molecule has 0 aromatic carbocycles. The van der Waals surface area contributed by atoms with Crippen LogP contribution >= 0.6 is 0 Å². The highest BCUT2D eigenvalue weighted by molar-refractivity contribution is 5.77. The number of hydrogen-bond donors (Lipinski definition) is 1. The molecule has 0 spiro atoms. The molecular formula is C14H26N2O2. The van der Waals surface area contributed by atoms with Crippen molar-refractivity contribution in [3.8, 4) is 0 Å². The van der Waals surface area contributed by atoms with Gasteiger partial charge in [-0.25, -0.2) is 0 Å². The van der Waals surface area contributed by atoms with Gasteiger partial charge in [0.2, 0.25) is 5.91 Å². The number of amides is 1. The van der Waals surface area contributed by atoms with Gasteiger partial charge in [0, 0.05) is 20.7 Å². The Morgan fingerprint density at radius 2 is 2.22 bits per heavy atom. The SMILES string of the molecule is COC1(CC(=O)N(C)CC2CCCNC2)CCC1. The van der Waals surface area contributed by atoms with Crippen LogP contribution in [0.2, 0.25) is 0 Å². The van der Waals surface area contributed by atoms with E-state index in [1.54, 1.807) is 7.11 Å². The van der Waals surface area contributed by atoms with E-state index in [4.69, 9.17) is 4.74 Å². The summed E-state index contributed by atoms with van der Waals surface area (Å²) in [6.45, 7) is 3.06. The van der Waals surface area contributed by atoms with Crippen molar-refractivity contribution in [2.45, 2.75) is 44.1 Å². The van der Waals surface area contributed by atoms with Crippen LogP contribution in [0.4, 0.5) is 0 Å². The minimum absolute atomic E-state index is 0.143. The zero-order valence-corrected chi connectivity index (χ0v) is 11.7. The lowest BCUT2D eigenvalue weighted by molar-refractivity contribution is -0.143. The van der Waals surface area contributed by atoms with Gasteiger partial charge in [0.05, 0.1) is 12.0 Å². The number of methoxy groups -OCH3 is 1. The number of rotatable bonds is 5. The molecule has 2 rings (SSSR count). The monoisotopic (exact) mass is 254 g/mol. The Kier molecular flexibility index (Phi) is 4.62. The quantitative estimate of drug-likeness (QED) is 0.806. The van der Waals surface area contributed by atoms with Crippen molar-refractivity contribution in [2.24, 2.45) is 5.92 Å². The van der Waals surface area contributed by atoms with E-state index in [9.17, 15) is 4.79 Å². The molecule has 18 heavy (non-hydrogen) atoms. The van der Waals surface area contributed by atoms with Crippen LogP contribution in [0.3, 0.4) is 0 Å². The molecule has 1 aliphatic carbocycles. The molecule has 1 saturated heterocycles. The first kappa shape index (κ1) is 13.8. The van der Waals surface area contributed by atoms with Crippen LogP contribution in [0.1, 0.15) is 38.5 Å². The smallest absolute Gasteiger partial charge is 0.225 e. The minimum Gasteiger partial charge on any atom is -0.378 e. The van der Waals surface area contributed by atoms with E-state index in [-0.39, 0.29) is 11.5 Å². The van der Waals surface area contributed by atoms with Gasteiger partial charge in [-0.1, -0.05) is 0 Å². The molecule has 1 heterocycles. The Morgan fingerprint density at radius 3 is 2.72 bits per heavy atom. The van der Waals surface area contributed by atoms with Crippen LogP contribution in [0, 0.1) is 5.92 Å². The maximum absolute atomic E-state index is 12.2. The van der Waals surface area contributed by atoms with Gasteiger partial charge in [-0.3, -0.25) is 4.79 Å². The molecule has 2 aliphatic rings. The van der Waals surface area contributed by atoms with Gasteiger partial charge in [-0.2, -0.15) is 0 Å². The summed E-state index contributed by atoms with van der Waals surface area (Å²) in [5, 5.41) is 3.40. The molecule has 0 aromatic heterocycles. The predicted octanol–water partition coefficient (Wildman–Crippen LogP) is 1.40. The van der Waals surface area contributed by atoms with E-state index in [0.29, 0.717) is 12.3 Å². The van der Waals surface area contributed by atoms with E-state index in [1.807, 2.05) is 11.9 Å². The van der Waals surface area contributed by atoms with Crippen molar-refractivity contribution in [1.29, 1.82) is 0 Å². The second kappa shape index (κ2) is 6.02. The van der Waals surface area contributed by atoms with Gasteiger partial charge in [0.25, 0.3) is 0 Å². The molecular weight excluding hydrogens is 228 g/mol. The highest BCUT2D eigenvalue weighted by Gasteiger charge is 2.39. The molecule has 104 valence electrons. The Bertz CT molecular complexity index is 278. The summed E-state index contributed by atoms with van der Waals surface area (Å²) in [6, 6.07) is 0. The highest BCUT2D eigenvalue weighted by atomic mass is 16.5. The number of nitrogens with one attached hydrogen (secondary N) is 1. The lowest BCUT2D eigenvalue weighted by atomic mass is 9.77. The molecule has 4 heteroatoms. The van der Waals surface area contributed by atoms with Crippen LogP contribution in [0.25, 0.3) is 0 Å². The van der Waals surface area contributed by atoms with Crippen LogP contribution in [-0.4, -0.2) is 50.2 Å². The lowest BCUT2D eigenvalue weighted by Gasteiger charge is -2.41. The first-order chi connectivity index (χ1) is 8.65.